The SMILES string of the molecule is CCOc1ccc2[nH]c(=O)c(CN(Cc3ccc(C)cc3)[C@@H](CC)c3nnnn3C(C)(C)CC)cc2c1. The molecule has 0 amide bonds. The summed E-state index contributed by atoms with van der Waals surface area (Å²) in [6.45, 7) is 14.3. The lowest BCUT2D eigenvalue weighted by Gasteiger charge is -2.33. The van der Waals surface area contributed by atoms with Gasteiger partial charge in [-0.05, 0) is 80.8 Å². The quantitative estimate of drug-likeness (QED) is 0.290. The largest absolute Gasteiger partial charge is 0.494 e. The van der Waals surface area contributed by atoms with Gasteiger partial charge < -0.3 is 9.72 Å². The maximum atomic E-state index is 13.2. The van der Waals surface area contributed by atoms with E-state index < -0.39 is 0 Å². The fourth-order valence-corrected chi connectivity index (χ4v) is 4.61. The van der Waals surface area contributed by atoms with Crippen LogP contribution in [-0.4, -0.2) is 36.7 Å². The van der Waals surface area contributed by atoms with Gasteiger partial charge >= 0.3 is 0 Å². The van der Waals surface area contributed by atoms with Crippen molar-refractivity contribution in [3.8, 4) is 5.75 Å². The predicted molar refractivity (Wildman–Crippen MR) is 147 cm³/mol. The molecule has 0 unspecified atom stereocenters. The van der Waals surface area contributed by atoms with Crippen LogP contribution in [-0.2, 0) is 18.6 Å². The molecule has 4 rings (SSSR count). The maximum absolute atomic E-state index is 13.2. The van der Waals surface area contributed by atoms with Gasteiger partial charge in [-0.25, -0.2) is 4.68 Å². The number of benzene rings is 2. The Morgan fingerprint density at radius 3 is 2.49 bits per heavy atom. The third-order valence-corrected chi connectivity index (χ3v) is 7.14. The third kappa shape index (κ3) is 5.91. The minimum atomic E-state index is -0.224. The van der Waals surface area contributed by atoms with E-state index in [4.69, 9.17) is 4.74 Å². The monoisotopic (exact) mass is 502 g/mol. The van der Waals surface area contributed by atoms with Crippen molar-refractivity contribution >= 4 is 10.9 Å². The highest BCUT2D eigenvalue weighted by Gasteiger charge is 2.31. The fourth-order valence-electron chi connectivity index (χ4n) is 4.61. The van der Waals surface area contributed by atoms with Gasteiger partial charge in [0.05, 0.1) is 18.2 Å². The van der Waals surface area contributed by atoms with E-state index in [-0.39, 0.29) is 17.1 Å². The molecule has 8 nitrogen and oxygen atoms in total. The van der Waals surface area contributed by atoms with E-state index >= 15 is 0 Å². The molecule has 37 heavy (non-hydrogen) atoms. The molecule has 0 aliphatic heterocycles. The molecular weight excluding hydrogens is 464 g/mol. The van der Waals surface area contributed by atoms with Crippen molar-refractivity contribution in [1.82, 2.24) is 30.1 Å². The molecule has 0 fully saturated rings. The number of aromatic amines is 1. The van der Waals surface area contributed by atoms with E-state index in [1.807, 2.05) is 35.9 Å². The van der Waals surface area contributed by atoms with Gasteiger partial charge in [-0.2, -0.15) is 0 Å². The third-order valence-electron chi connectivity index (χ3n) is 7.14. The molecule has 0 bridgehead atoms. The number of ether oxygens (including phenoxy) is 1. The van der Waals surface area contributed by atoms with E-state index in [2.05, 4.69) is 84.3 Å². The molecule has 0 saturated carbocycles. The molecule has 196 valence electrons. The van der Waals surface area contributed by atoms with Crippen molar-refractivity contribution in [2.24, 2.45) is 0 Å². The van der Waals surface area contributed by atoms with E-state index in [1.165, 1.54) is 11.1 Å². The number of aryl methyl sites for hydroxylation is 1. The standard InChI is InChI=1S/C29H38N6O2/c1-7-26(27-31-32-33-35(27)29(5,6)8-2)34(18-21-12-10-20(4)11-13-21)19-23-16-22-17-24(37-9-3)14-15-25(22)30-28(23)36/h10-17,26H,7-9,18-19H2,1-6H3,(H,30,36)/t26-/m0/s1. The first-order chi connectivity index (χ1) is 17.7. The molecular formula is C29H38N6O2. The summed E-state index contributed by atoms with van der Waals surface area (Å²) in [5, 5.41) is 13.8. The maximum Gasteiger partial charge on any atom is 0.252 e. The zero-order valence-corrected chi connectivity index (χ0v) is 22.8. The highest BCUT2D eigenvalue weighted by Crippen LogP contribution is 2.30. The molecule has 1 atom stereocenters. The first-order valence-electron chi connectivity index (χ1n) is 13.1. The van der Waals surface area contributed by atoms with Gasteiger partial charge in [-0.3, -0.25) is 9.69 Å². The fraction of sp³-hybridized carbons (Fsp3) is 0.448. The van der Waals surface area contributed by atoms with Crippen LogP contribution >= 0.6 is 0 Å². The number of hydrogen-bond donors (Lipinski definition) is 1. The summed E-state index contributed by atoms with van der Waals surface area (Å²) in [5.41, 5.74) is 3.57. The molecule has 0 spiro atoms. The van der Waals surface area contributed by atoms with Crippen LogP contribution in [0.3, 0.4) is 0 Å². The smallest absolute Gasteiger partial charge is 0.252 e. The first kappa shape index (κ1) is 26.5. The van der Waals surface area contributed by atoms with Gasteiger partial charge in [0.2, 0.25) is 0 Å². The average Bonchev–Trinajstić information content (AvgIpc) is 3.37. The summed E-state index contributed by atoms with van der Waals surface area (Å²) < 4.78 is 7.63. The Hall–Kier alpha value is -3.52. The van der Waals surface area contributed by atoms with E-state index in [1.54, 1.807) is 0 Å². The van der Waals surface area contributed by atoms with Gasteiger partial charge in [-0.15, -0.1) is 5.10 Å². The van der Waals surface area contributed by atoms with Crippen LogP contribution in [0.1, 0.15) is 76.0 Å². The second-order valence-corrected chi connectivity index (χ2v) is 10.2. The molecule has 8 heteroatoms. The second kappa shape index (κ2) is 11.3. The Labute approximate surface area is 218 Å². The van der Waals surface area contributed by atoms with Gasteiger partial charge in [0.1, 0.15) is 5.75 Å². The van der Waals surface area contributed by atoms with Crippen LogP contribution in [0.25, 0.3) is 10.9 Å². The lowest BCUT2D eigenvalue weighted by molar-refractivity contribution is 0.150. The molecule has 0 saturated heterocycles. The number of nitrogens with zero attached hydrogens (tertiary/aromatic N) is 5. The lowest BCUT2D eigenvalue weighted by atomic mass is 10.0. The Kier molecular flexibility index (Phi) is 8.07. The highest BCUT2D eigenvalue weighted by atomic mass is 16.5. The Morgan fingerprint density at radius 2 is 1.81 bits per heavy atom. The van der Waals surface area contributed by atoms with Gasteiger partial charge in [0.25, 0.3) is 5.56 Å². The highest BCUT2D eigenvalue weighted by molar-refractivity contribution is 5.80. The van der Waals surface area contributed by atoms with Crippen molar-refractivity contribution in [3.63, 3.8) is 0 Å². The Morgan fingerprint density at radius 1 is 1.05 bits per heavy atom. The zero-order chi connectivity index (χ0) is 26.6. The van der Waals surface area contributed by atoms with Crippen molar-refractivity contribution in [2.45, 2.75) is 79.1 Å². The van der Waals surface area contributed by atoms with E-state index in [0.29, 0.717) is 25.3 Å². The lowest BCUT2D eigenvalue weighted by Crippen LogP contribution is -2.36. The summed E-state index contributed by atoms with van der Waals surface area (Å²) in [7, 11) is 0. The summed E-state index contributed by atoms with van der Waals surface area (Å²) in [4.78, 5) is 18.6. The number of rotatable bonds is 11. The van der Waals surface area contributed by atoms with E-state index in [9.17, 15) is 4.79 Å². The van der Waals surface area contributed by atoms with Crippen molar-refractivity contribution in [2.75, 3.05) is 6.61 Å². The van der Waals surface area contributed by atoms with Crippen molar-refractivity contribution in [1.29, 1.82) is 0 Å². The Bertz CT molecular complexity index is 1390. The first-order valence-corrected chi connectivity index (χ1v) is 13.1. The molecule has 0 aliphatic carbocycles. The Balaban J connectivity index is 1.77. The number of pyridine rings is 1. The van der Waals surface area contributed by atoms with Gasteiger partial charge in [0.15, 0.2) is 5.82 Å². The molecule has 4 aromatic rings. The van der Waals surface area contributed by atoms with Crippen LogP contribution in [0, 0.1) is 6.92 Å². The average molecular weight is 503 g/mol. The minimum Gasteiger partial charge on any atom is -0.494 e. The van der Waals surface area contributed by atoms with Crippen molar-refractivity contribution < 1.29 is 4.74 Å². The summed E-state index contributed by atoms with van der Waals surface area (Å²) in [5.74, 6) is 1.61. The van der Waals surface area contributed by atoms with Crippen LogP contribution in [0.4, 0.5) is 0 Å². The predicted octanol–water partition coefficient (Wildman–Crippen LogP) is 5.52. The van der Waals surface area contributed by atoms with Gasteiger partial charge in [-0.1, -0.05) is 43.7 Å². The topological polar surface area (TPSA) is 88.9 Å². The van der Waals surface area contributed by atoms with Crippen LogP contribution in [0.5, 0.6) is 5.75 Å². The molecule has 2 aromatic heterocycles. The van der Waals surface area contributed by atoms with Crippen LogP contribution < -0.4 is 10.3 Å². The number of hydrogen-bond acceptors (Lipinski definition) is 6. The molecule has 2 heterocycles. The number of nitrogens with one attached hydrogen (secondary N) is 1. The number of tetrazole rings is 1. The summed E-state index contributed by atoms with van der Waals surface area (Å²) in [6.07, 6.45) is 1.69. The number of aromatic nitrogens is 5. The molecule has 0 radical (unpaired) electrons. The molecule has 0 aliphatic rings. The van der Waals surface area contributed by atoms with Gasteiger partial charge in [0, 0.05) is 29.6 Å². The summed E-state index contributed by atoms with van der Waals surface area (Å²) >= 11 is 0. The van der Waals surface area contributed by atoms with E-state index in [0.717, 1.165) is 35.3 Å². The normalized spacial score (nSPS) is 12.8. The number of H-pyrrole nitrogens is 1. The number of fused-ring (bicyclic) bond motifs is 1. The summed E-state index contributed by atoms with van der Waals surface area (Å²) in [6, 6.07) is 16.2. The van der Waals surface area contributed by atoms with Crippen LogP contribution in [0.2, 0.25) is 0 Å². The molecule has 1 N–H and O–H groups in total. The second-order valence-electron chi connectivity index (χ2n) is 10.2. The minimum absolute atomic E-state index is 0.0769. The van der Waals surface area contributed by atoms with Crippen molar-refractivity contribution in [3.05, 3.63) is 81.4 Å². The molecule has 2 aromatic carbocycles. The van der Waals surface area contributed by atoms with Crippen LogP contribution in [0.15, 0.2) is 53.3 Å². The zero-order valence-electron chi connectivity index (χ0n) is 22.8.